The minimum absolute atomic E-state index is 0.0243. The van der Waals surface area contributed by atoms with Crippen molar-refractivity contribution in [3.8, 4) is 5.75 Å². The van der Waals surface area contributed by atoms with Crippen molar-refractivity contribution in [2.45, 2.75) is 0 Å². The van der Waals surface area contributed by atoms with E-state index in [1.165, 1.54) is 0 Å². The van der Waals surface area contributed by atoms with E-state index in [-0.39, 0.29) is 18.4 Å². The first kappa shape index (κ1) is 19.0. The fraction of sp³-hybridized carbons (Fsp3) is 0.238. The van der Waals surface area contributed by atoms with E-state index in [0.717, 1.165) is 5.56 Å². The van der Waals surface area contributed by atoms with Crippen molar-refractivity contribution in [1.29, 1.82) is 0 Å². The van der Waals surface area contributed by atoms with Gasteiger partial charge in [-0.1, -0.05) is 41.9 Å². The van der Waals surface area contributed by atoms with Gasteiger partial charge in [-0.05, 0) is 35.9 Å². The molecule has 0 atom stereocenters. The van der Waals surface area contributed by atoms with Gasteiger partial charge in [-0.2, -0.15) is 0 Å². The number of benzene rings is 2. The number of carbonyl (C=O) groups excluding carboxylic acids is 2. The van der Waals surface area contributed by atoms with Crippen molar-refractivity contribution in [3.63, 3.8) is 0 Å². The number of halogens is 1. The lowest BCUT2D eigenvalue weighted by Crippen LogP contribution is -2.51. The molecule has 0 bridgehead atoms. The molecule has 1 saturated heterocycles. The molecule has 0 aliphatic carbocycles. The van der Waals surface area contributed by atoms with E-state index in [1.54, 1.807) is 46.2 Å². The fourth-order valence-corrected chi connectivity index (χ4v) is 2.91. The molecule has 0 N–H and O–H groups in total. The standard InChI is InChI=1S/C21H21ClN2O3/c22-18-7-9-19(10-8-18)27-16-21(26)24-14-12-23(13-15-24)20(25)11-6-17-4-2-1-3-5-17/h1-11H,12-16H2/b11-6+. The molecule has 6 heteroatoms. The van der Waals surface area contributed by atoms with E-state index in [1.807, 2.05) is 30.3 Å². The lowest BCUT2D eigenvalue weighted by molar-refractivity contribution is -0.138. The number of rotatable bonds is 5. The van der Waals surface area contributed by atoms with E-state index in [9.17, 15) is 9.59 Å². The zero-order chi connectivity index (χ0) is 19.1. The molecule has 5 nitrogen and oxygen atoms in total. The summed E-state index contributed by atoms with van der Waals surface area (Å²) in [6.07, 6.45) is 3.39. The minimum Gasteiger partial charge on any atom is -0.484 e. The van der Waals surface area contributed by atoms with Crippen molar-refractivity contribution >= 4 is 29.5 Å². The molecule has 0 radical (unpaired) electrons. The molecule has 27 heavy (non-hydrogen) atoms. The van der Waals surface area contributed by atoms with Gasteiger partial charge in [-0.3, -0.25) is 9.59 Å². The molecule has 2 aromatic carbocycles. The number of ether oxygens (including phenoxy) is 1. The number of hydrogen-bond acceptors (Lipinski definition) is 3. The van der Waals surface area contributed by atoms with Crippen LogP contribution < -0.4 is 4.74 Å². The first-order chi connectivity index (χ1) is 13.1. The molecule has 0 spiro atoms. The van der Waals surface area contributed by atoms with Crippen LogP contribution >= 0.6 is 11.6 Å². The van der Waals surface area contributed by atoms with E-state index >= 15 is 0 Å². The van der Waals surface area contributed by atoms with Gasteiger partial charge in [0.15, 0.2) is 6.61 Å². The lowest BCUT2D eigenvalue weighted by atomic mass is 10.2. The van der Waals surface area contributed by atoms with Gasteiger partial charge in [0.25, 0.3) is 5.91 Å². The van der Waals surface area contributed by atoms with Crippen molar-refractivity contribution in [3.05, 3.63) is 71.3 Å². The first-order valence-corrected chi connectivity index (χ1v) is 9.18. The molecule has 1 fully saturated rings. The molecule has 1 aliphatic rings. The second-order valence-electron chi connectivity index (χ2n) is 6.19. The van der Waals surface area contributed by atoms with Crippen LogP contribution in [0.15, 0.2) is 60.7 Å². The second-order valence-corrected chi connectivity index (χ2v) is 6.63. The molecule has 2 amide bonds. The van der Waals surface area contributed by atoms with Crippen molar-refractivity contribution in [1.82, 2.24) is 9.80 Å². The fourth-order valence-electron chi connectivity index (χ4n) is 2.78. The predicted octanol–water partition coefficient (Wildman–Crippen LogP) is 3.10. The van der Waals surface area contributed by atoms with Gasteiger partial charge in [-0.15, -0.1) is 0 Å². The molecule has 0 aromatic heterocycles. The summed E-state index contributed by atoms with van der Waals surface area (Å²) in [6.45, 7) is 2.03. The molecule has 3 rings (SSSR count). The molecule has 1 aliphatic heterocycles. The molecular formula is C21H21ClN2O3. The van der Waals surface area contributed by atoms with Crippen LogP contribution in [-0.2, 0) is 9.59 Å². The molecule has 2 aromatic rings. The van der Waals surface area contributed by atoms with Crippen molar-refractivity contribution in [2.75, 3.05) is 32.8 Å². The molecule has 1 heterocycles. The summed E-state index contributed by atoms with van der Waals surface area (Å²) in [5, 5.41) is 0.621. The van der Waals surface area contributed by atoms with E-state index < -0.39 is 0 Å². The summed E-state index contributed by atoms with van der Waals surface area (Å²) in [7, 11) is 0. The van der Waals surface area contributed by atoms with Crippen LogP contribution in [0.3, 0.4) is 0 Å². The third-order valence-electron chi connectivity index (χ3n) is 4.34. The SMILES string of the molecule is O=C(/C=C/c1ccccc1)N1CCN(C(=O)COc2ccc(Cl)cc2)CC1. The number of amides is 2. The zero-order valence-electron chi connectivity index (χ0n) is 14.9. The van der Waals surface area contributed by atoms with Crippen LogP contribution in [0.2, 0.25) is 5.02 Å². The summed E-state index contributed by atoms with van der Waals surface area (Å²) < 4.78 is 5.50. The predicted molar refractivity (Wildman–Crippen MR) is 106 cm³/mol. The summed E-state index contributed by atoms with van der Waals surface area (Å²) in [5.74, 6) is 0.479. The van der Waals surface area contributed by atoms with Crippen LogP contribution in [0.4, 0.5) is 0 Å². The normalized spacial score (nSPS) is 14.4. The Morgan fingerprint density at radius 3 is 2.22 bits per heavy atom. The monoisotopic (exact) mass is 384 g/mol. The Morgan fingerprint density at radius 1 is 0.926 bits per heavy atom. The third kappa shape index (κ3) is 5.59. The number of piperazine rings is 1. The Morgan fingerprint density at radius 2 is 1.56 bits per heavy atom. The quantitative estimate of drug-likeness (QED) is 0.744. The van der Waals surface area contributed by atoms with Crippen molar-refractivity contribution < 1.29 is 14.3 Å². The van der Waals surface area contributed by atoms with Crippen LogP contribution in [-0.4, -0.2) is 54.4 Å². The third-order valence-corrected chi connectivity index (χ3v) is 4.59. The topological polar surface area (TPSA) is 49.9 Å². The lowest BCUT2D eigenvalue weighted by Gasteiger charge is -2.34. The van der Waals surface area contributed by atoms with Crippen molar-refractivity contribution in [2.24, 2.45) is 0 Å². The van der Waals surface area contributed by atoms with Crippen LogP contribution in [0.1, 0.15) is 5.56 Å². The maximum Gasteiger partial charge on any atom is 0.260 e. The Kier molecular flexibility index (Phi) is 6.49. The number of hydrogen-bond donors (Lipinski definition) is 0. The number of nitrogens with zero attached hydrogens (tertiary/aromatic N) is 2. The Hall–Kier alpha value is -2.79. The maximum absolute atomic E-state index is 12.3. The second kappa shape index (κ2) is 9.24. The van der Waals surface area contributed by atoms with Gasteiger partial charge in [0.1, 0.15) is 5.75 Å². The summed E-state index contributed by atoms with van der Waals surface area (Å²) in [6, 6.07) is 16.6. The van der Waals surface area contributed by atoms with Gasteiger partial charge in [0.2, 0.25) is 5.91 Å². The van der Waals surface area contributed by atoms with Gasteiger partial charge in [0.05, 0.1) is 0 Å². The van der Waals surface area contributed by atoms with Gasteiger partial charge in [0, 0.05) is 37.3 Å². The summed E-state index contributed by atoms with van der Waals surface area (Å²) >= 11 is 5.82. The average Bonchev–Trinajstić information content (AvgIpc) is 2.72. The summed E-state index contributed by atoms with van der Waals surface area (Å²) in [5.41, 5.74) is 0.985. The zero-order valence-corrected chi connectivity index (χ0v) is 15.6. The first-order valence-electron chi connectivity index (χ1n) is 8.80. The highest BCUT2D eigenvalue weighted by Crippen LogP contribution is 2.15. The highest BCUT2D eigenvalue weighted by atomic mass is 35.5. The average molecular weight is 385 g/mol. The molecule has 0 unspecified atom stereocenters. The minimum atomic E-state index is -0.0862. The van der Waals surface area contributed by atoms with Gasteiger partial charge in [-0.25, -0.2) is 0 Å². The molecular weight excluding hydrogens is 364 g/mol. The van der Waals surface area contributed by atoms with Crippen LogP contribution in [0.25, 0.3) is 6.08 Å². The van der Waals surface area contributed by atoms with Crippen LogP contribution in [0, 0.1) is 0 Å². The van der Waals surface area contributed by atoms with Gasteiger partial charge < -0.3 is 14.5 Å². The Bertz CT molecular complexity index is 798. The Labute approximate surface area is 163 Å². The van der Waals surface area contributed by atoms with E-state index in [2.05, 4.69) is 0 Å². The maximum atomic E-state index is 12.3. The number of carbonyl (C=O) groups is 2. The van der Waals surface area contributed by atoms with E-state index in [0.29, 0.717) is 37.0 Å². The van der Waals surface area contributed by atoms with Crippen LogP contribution in [0.5, 0.6) is 5.75 Å². The molecule has 140 valence electrons. The Balaban J connectivity index is 1.43. The highest BCUT2D eigenvalue weighted by Gasteiger charge is 2.23. The highest BCUT2D eigenvalue weighted by molar-refractivity contribution is 6.30. The smallest absolute Gasteiger partial charge is 0.260 e. The molecule has 0 saturated carbocycles. The van der Waals surface area contributed by atoms with Gasteiger partial charge >= 0.3 is 0 Å². The largest absolute Gasteiger partial charge is 0.484 e. The summed E-state index contributed by atoms with van der Waals surface area (Å²) in [4.78, 5) is 28.0. The van der Waals surface area contributed by atoms with E-state index in [4.69, 9.17) is 16.3 Å².